The van der Waals surface area contributed by atoms with Gasteiger partial charge >= 0.3 is 0 Å². The monoisotopic (exact) mass is 247 g/mol. The third kappa shape index (κ3) is 3.10. The van der Waals surface area contributed by atoms with Gasteiger partial charge in [0, 0.05) is 25.7 Å². The minimum atomic E-state index is 0.333. The number of nitrogens with zero attached hydrogens (tertiary/aromatic N) is 4. The van der Waals surface area contributed by atoms with Crippen LogP contribution in [0.3, 0.4) is 0 Å². The maximum absolute atomic E-state index is 8.72. The van der Waals surface area contributed by atoms with Gasteiger partial charge in [0.2, 0.25) is 0 Å². The third-order valence-electron chi connectivity index (χ3n) is 2.85. The van der Waals surface area contributed by atoms with Crippen LogP contribution < -0.4 is 10.2 Å². The Kier molecular flexibility index (Phi) is 5.37. The first-order valence-corrected chi connectivity index (χ1v) is 6.30. The van der Waals surface area contributed by atoms with Crippen LogP contribution in [0.4, 0.5) is 11.6 Å². The summed E-state index contributed by atoms with van der Waals surface area (Å²) in [6.45, 7) is 7.86. The summed E-state index contributed by atoms with van der Waals surface area (Å²) < 4.78 is 0. The minimum Gasteiger partial charge on any atom is -0.373 e. The Morgan fingerprint density at radius 1 is 1.44 bits per heavy atom. The van der Waals surface area contributed by atoms with Crippen LogP contribution in [0.25, 0.3) is 0 Å². The molecule has 18 heavy (non-hydrogen) atoms. The van der Waals surface area contributed by atoms with Crippen LogP contribution >= 0.6 is 0 Å². The lowest BCUT2D eigenvalue weighted by Crippen LogP contribution is -2.26. The second-order valence-electron chi connectivity index (χ2n) is 4.35. The smallest absolute Gasteiger partial charge is 0.137 e. The van der Waals surface area contributed by atoms with Crippen LogP contribution in [0.5, 0.6) is 0 Å². The highest BCUT2D eigenvalue weighted by Gasteiger charge is 2.18. The molecular weight excluding hydrogens is 226 g/mol. The van der Waals surface area contributed by atoms with Gasteiger partial charge in [-0.1, -0.05) is 13.8 Å². The van der Waals surface area contributed by atoms with Crippen molar-refractivity contribution in [1.82, 2.24) is 9.97 Å². The summed E-state index contributed by atoms with van der Waals surface area (Å²) in [5.41, 5.74) is 1.11. The van der Waals surface area contributed by atoms with Crippen LogP contribution in [0.2, 0.25) is 0 Å². The highest BCUT2D eigenvalue weighted by atomic mass is 15.2. The second kappa shape index (κ2) is 6.80. The molecule has 1 rings (SSSR count). The highest BCUT2D eigenvalue weighted by Crippen LogP contribution is 2.30. The summed E-state index contributed by atoms with van der Waals surface area (Å²) >= 11 is 0. The first kappa shape index (κ1) is 14.2. The van der Waals surface area contributed by atoms with Crippen LogP contribution in [0.1, 0.15) is 38.7 Å². The quantitative estimate of drug-likeness (QED) is 0.836. The fraction of sp³-hybridized carbons (Fsp3) is 0.615. The Hall–Kier alpha value is -1.83. The zero-order valence-electron chi connectivity index (χ0n) is 11.6. The molecule has 1 aromatic heterocycles. The van der Waals surface area contributed by atoms with E-state index in [1.165, 1.54) is 0 Å². The summed E-state index contributed by atoms with van der Waals surface area (Å²) in [7, 11) is 1.86. The number of nitriles is 1. The number of anilines is 2. The molecule has 0 fully saturated rings. The Morgan fingerprint density at radius 2 is 2.17 bits per heavy atom. The van der Waals surface area contributed by atoms with Crippen molar-refractivity contribution in [2.75, 3.05) is 30.4 Å². The lowest BCUT2D eigenvalue weighted by atomic mass is 10.0. The van der Waals surface area contributed by atoms with Gasteiger partial charge < -0.3 is 10.2 Å². The molecule has 1 aromatic rings. The number of hydrogen-bond acceptors (Lipinski definition) is 5. The van der Waals surface area contributed by atoms with Crippen LogP contribution in [-0.4, -0.2) is 30.1 Å². The van der Waals surface area contributed by atoms with Gasteiger partial charge in [-0.05, 0) is 12.8 Å². The molecule has 0 atom stereocenters. The van der Waals surface area contributed by atoms with Gasteiger partial charge in [-0.3, -0.25) is 0 Å². The highest BCUT2D eigenvalue weighted by molar-refractivity contribution is 5.60. The first-order chi connectivity index (χ1) is 8.65. The van der Waals surface area contributed by atoms with Crippen LogP contribution in [0.15, 0.2) is 6.33 Å². The van der Waals surface area contributed by atoms with E-state index in [-0.39, 0.29) is 0 Å². The molecule has 0 aromatic carbocycles. The maximum atomic E-state index is 8.72. The van der Waals surface area contributed by atoms with Crippen molar-refractivity contribution in [2.45, 2.75) is 33.1 Å². The van der Waals surface area contributed by atoms with E-state index in [2.05, 4.69) is 47.0 Å². The van der Waals surface area contributed by atoms with Crippen molar-refractivity contribution in [2.24, 2.45) is 0 Å². The molecule has 0 radical (unpaired) electrons. The summed E-state index contributed by atoms with van der Waals surface area (Å²) in [6.07, 6.45) is 2.08. The SMILES string of the molecule is CCN(CCC#N)c1ncnc(NC)c1C(C)C. The van der Waals surface area contributed by atoms with E-state index in [0.717, 1.165) is 23.7 Å². The van der Waals surface area contributed by atoms with Gasteiger partial charge in [0.25, 0.3) is 0 Å². The zero-order valence-corrected chi connectivity index (χ0v) is 11.6. The lowest BCUT2D eigenvalue weighted by Gasteiger charge is -2.25. The molecule has 0 aliphatic heterocycles. The van der Waals surface area contributed by atoms with Crippen molar-refractivity contribution in [3.8, 4) is 6.07 Å². The molecule has 1 N–H and O–H groups in total. The number of nitrogens with one attached hydrogen (secondary N) is 1. The lowest BCUT2D eigenvalue weighted by molar-refractivity contribution is 0.772. The largest absolute Gasteiger partial charge is 0.373 e. The fourth-order valence-corrected chi connectivity index (χ4v) is 1.97. The molecule has 1 heterocycles. The fourth-order valence-electron chi connectivity index (χ4n) is 1.97. The molecule has 0 aliphatic carbocycles. The molecule has 5 heteroatoms. The van der Waals surface area contributed by atoms with Gasteiger partial charge in [0.1, 0.15) is 18.0 Å². The molecule has 0 spiro atoms. The van der Waals surface area contributed by atoms with E-state index in [9.17, 15) is 0 Å². The van der Waals surface area contributed by atoms with E-state index in [1.807, 2.05) is 7.05 Å². The minimum absolute atomic E-state index is 0.333. The third-order valence-corrected chi connectivity index (χ3v) is 2.85. The molecular formula is C13H21N5. The Morgan fingerprint density at radius 3 is 2.67 bits per heavy atom. The van der Waals surface area contributed by atoms with Gasteiger partial charge in [0.15, 0.2) is 0 Å². The number of hydrogen-bond donors (Lipinski definition) is 1. The number of aromatic nitrogens is 2. The van der Waals surface area contributed by atoms with E-state index >= 15 is 0 Å². The summed E-state index contributed by atoms with van der Waals surface area (Å²) in [4.78, 5) is 10.8. The average molecular weight is 247 g/mol. The van der Waals surface area contributed by atoms with E-state index in [1.54, 1.807) is 6.33 Å². The van der Waals surface area contributed by atoms with Crippen LogP contribution in [-0.2, 0) is 0 Å². The Labute approximate surface area is 109 Å². The second-order valence-corrected chi connectivity index (χ2v) is 4.35. The number of rotatable bonds is 6. The molecule has 0 aliphatic rings. The summed E-state index contributed by atoms with van der Waals surface area (Å²) in [6, 6.07) is 2.18. The van der Waals surface area contributed by atoms with Crippen molar-refractivity contribution >= 4 is 11.6 Å². The standard InChI is InChI=1S/C13H21N5/c1-5-18(8-6-7-14)13-11(10(2)3)12(15-4)16-9-17-13/h9-10H,5-6,8H2,1-4H3,(H,15,16,17). The summed E-state index contributed by atoms with van der Waals surface area (Å²) in [5, 5.41) is 11.8. The summed E-state index contributed by atoms with van der Waals surface area (Å²) in [5.74, 6) is 2.13. The van der Waals surface area contributed by atoms with Gasteiger partial charge in [-0.25, -0.2) is 9.97 Å². The van der Waals surface area contributed by atoms with Crippen molar-refractivity contribution < 1.29 is 0 Å². The van der Waals surface area contributed by atoms with Gasteiger partial charge in [0.05, 0.1) is 12.5 Å². The molecule has 5 nitrogen and oxygen atoms in total. The molecule has 0 saturated carbocycles. The maximum Gasteiger partial charge on any atom is 0.137 e. The normalized spacial score (nSPS) is 10.2. The van der Waals surface area contributed by atoms with Crippen LogP contribution in [0, 0.1) is 11.3 Å². The average Bonchev–Trinajstić information content (AvgIpc) is 2.38. The predicted octanol–water partition coefficient (Wildman–Crippen LogP) is 2.38. The van der Waals surface area contributed by atoms with Gasteiger partial charge in [-0.15, -0.1) is 0 Å². The Balaban J connectivity index is 3.17. The van der Waals surface area contributed by atoms with Gasteiger partial charge in [-0.2, -0.15) is 5.26 Å². The predicted molar refractivity (Wildman–Crippen MR) is 73.8 cm³/mol. The van der Waals surface area contributed by atoms with E-state index in [0.29, 0.717) is 18.9 Å². The topological polar surface area (TPSA) is 64.8 Å². The molecule has 0 unspecified atom stereocenters. The Bertz CT molecular complexity index is 422. The van der Waals surface area contributed by atoms with Crippen molar-refractivity contribution in [3.63, 3.8) is 0 Å². The van der Waals surface area contributed by atoms with E-state index in [4.69, 9.17) is 5.26 Å². The van der Waals surface area contributed by atoms with Crippen molar-refractivity contribution in [3.05, 3.63) is 11.9 Å². The van der Waals surface area contributed by atoms with Crippen molar-refractivity contribution in [1.29, 1.82) is 5.26 Å². The molecule has 0 saturated heterocycles. The van der Waals surface area contributed by atoms with E-state index < -0.39 is 0 Å². The molecule has 0 bridgehead atoms. The molecule has 0 amide bonds. The molecule has 98 valence electrons. The first-order valence-electron chi connectivity index (χ1n) is 6.30. The zero-order chi connectivity index (χ0) is 13.5.